The monoisotopic (exact) mass is 287 g/mol. The summed E-state index contributed by atoms with van der Waals surface area (Å²) < 4.78 is 10.9. The molecule has 1 heterocycles. The van der Waals surface area contributed by atoms with Crippen LogP contribution in [0.5, 0.6) is 0 Å². The van der Waals surface area contributed by atoms with Crippen LogP contribution >= 0.6 is 0 Å². The lowest BCUT2D eigenvalue weighted by molar-refractivity contribution is 0.0929. The molecule has 21 heavy (non-hydrogen) atoms. The fraction of sp³-hybridized carbons (Fsp3) is 0.444. The number of benzene rings is 1. The Kier molecular flexibility index (Phi) is 6.51. The maximum absolute atomic E-state index is 5.64. The predicted molar refractivity (Wildman–Crippen MR) is 85.2 cm³/mol. The minimum Gasteiger partial charge on any atom is -0.467 e. The van der Waals surface area contributed by atoms with Crippen LogP contribution in [0.4, 0.5) is 0 Å². The number of hydrogen-bond acceptors (Lipinski definition) is 3. The molecule has 114 valence electrons. The SMILES string of the molecule is CCCNCC(C)c1ccc(COCc2ccco2)cc1. The van der Waals surface area contributed by atoms with Crippen molar-refractivity contribution in [2.45, 2.75) is 39.4 Å². The third-order valence-electron chi connectivity index (χ3n) is 3.52. The third kappa shape index (κ3) is 5.37. The fourth-order valence-electron chi connectivity index (χ4n) is 2.22. The highest BCUT2D eigenvalue weighted by Crippen LogP contribution is 2.16. The third-order valence-corrected chi connectivity index (χ3v) is 3.52. The number of hydrogen-bond donors (Lipinski definition) is 1. The molecule has 3 heteroatoms. The maximum Gasteiger partial charge on any atom is 0.129 e. The molecule has 0 aliphatic rings. The number of ether oxygens (including phenoxy) is 1. The Morgan fingerprint density at radius 3 is 2.62 bits per heavy atom. The van der Waals surface area contributed by atoms with E-state index in [9.17, 15) is 0 Å². The van der Waals surface area contributed by atoms with Gasteiger partial charge in [-0.05, 0) is 42.1 Å². The van der Waals surface area contributed by atoms with Crippen molar-refractivity contribution in [3.05, 3.63) is 59.5 Å². The van der Waals surface area contributed by atoms with Crippen LogP contribution in [0.25, 0.3) is 0 Å². The van der Waals surface area contributed by atoms with Crippen molar-refractivity contribution in [3.8, 4) is 0 Å². The van der Waals surface area contributed by atoms with E-state index in [-0.39, 0.29) is 0 Å². The molecule has 1 aromatic carbocycles. The van der Waals surface area contributed by atoms with Gasteiger partial charge in [0.2, 0.25) is 0 Å². The fourth-order valence-corrected chi connectivity index (χ4v) is 2.22. The summed E-state index contributed by atoms with van der Waals surface area (Å²) in [5.41, 5.74) is 2.56. The van der Waals surface area contributed by atoms with E-state index in [1.165, 1.54) is 17.5 Å². The van der Waals surface area contributed by atoms with Crippen molar-refractivity contribution in [1.29, 1.82) is 0 Å². The lowest BCUT2D eigenvalue weighted by Crippen LogP contribution is -2.20. The molecule has 0 fully saturated rings. The Labute approximate surface area is 127 Å². The summed E-state index contributed by atoms with van der Waals surface area (Å²) in [5, 5.41) is 3.46. The minimum atomic E-state index is 0.520. The highest BCUT2D eigenvalue weighted by Gasteiger charge is 2.05. The Hall–Kier alpha value is -1.58. The summed E-state index contributed by atoms with van der Waals surface area (Å²) in [7, 11) is 0. The summed E-state index contributed by atoms with van der Waals surface area (Å²) in [6.45, 7) is 7.70. The van der Waals surface area contributed by atoms with E-state index in [0.29, 0.717) is 19.1 Å². The molecule has 2 rings (SSSR count). The van der Waals surface area contributed by atoms with Gasteiger partial charge < -0.3 is 14.5 Å². The quantitative estimate of drug-likeness (QED) is 0.705. The summed E-state index contributed by atoms with van der Waals surface area (Å²) in [6.07, 6.45) is 2.85. The molecule has 2 aromatic rings. The van der Waals surface area contributed by atoms with Crippen LogP contribution in [0, 0.1) is 0 Å². The summed E-state index contributed by atoms with van der Waals surface area (Å²) in [6, 6.07) is 12.5. The number of furan rings is 1. The van der Waals surface area contributed by atoms with Crippen LogP contribution in [0.3, 0.4) is 0 Å². The van der Waals surface area contributed by atoms with Crippen molar-refractivity contribution in [2.75, 3.05) is 13.1 Å². The molecule has 1 unspecified atom stereocenters. The summed E-state index contributed by atoms with van der Waals surface area (Å²) in [4.78, 5) is 0. The standard InChI is InChI=1S/C18H25NO2/c1-3-10-19-12-15(2)17-8-6-16(7-9-17)13-20-14-18-5-4-11-21-18/h4-9,11,15,19H,3,10,12-14H2,1-2H3. The molecule has 0 amide bonds. The van der Waals surface area contributed by atoms with Crippen LogP contribution in [-0.2, 0) is 18.0 Å². The van der Waals surface area contributed by atoms with E-state index < -0.39 is 0 Å². The second-order valence-electron chi connectivity index (χ2n) is 5.42. The normalized spacial score (nSPS) is 12.5. The van der Waals surface area contributed by atoms with E-state index in [4.69, 9.17) is 9.15 Å². The van der Waals surface area contributed by atoms with E-state index in [2.05, 4.69) is 43.4 Å². The number of rotatable bonds is 9. The smallest absolute Gasteiger partial charge is 0.129 e. The molecule has 0 saturated heterocycles. The van der Waals surface area contributed by atoms with E-state index in [1.807, 2.05) is 12.1 Å². The van der Waals surface area contributed by atoms with Crippen LogP contribution in [0.1, 0.15) is 43.1 Å². The van der Waals surface area contributed by atoms with Gasteiger partial charge in [0, 0.05) is 6.54 Å². The van der Waals surface area contributed by atoms with Crippen molar-refractivity contribution < 1.29 is 9.15 Å². The highest BCUT2D eigenvalue weighted by molar-refractivity contribution is 5.24. The lowest BCUT2D eigenvalue weighted by Gasteiger charge is -2.13. The van der Waals surface area contributed by atoms with Gasteiger partial charge in [0.1, 0.15) is 12.4 Å². The van der Waals surface area contributed by atoms with Crippen LogP contribution in [0.15, 0.2) is 47.1 Å². The molecule has 0 aliphatic carbocycles. The zero-order valence-electron chi connectivity index (χ0n) is 13.0. The van der Waals surface area contributed by atoms with Gasteiger partial charge in [-0.15, -0.1) is 0 Å². The largest absolute Gasteiger partial charge is 0.467 e. The molecule has 1 aromatic heterocycles. The second kappa shape index (κ2) is 8.65. The molecule has 3 nitrogen and oxygen atoms in total. The Bertz CT molecular complexity index is 490. The molecule has 0 spiro atoms. The highest BCUT2D eigenvalue weighted by atomic mass is 16.5. The van der Waals surface area contributed by atoms with Gasteiger partial charge in [0.15, 0.2) is 0 Å². The Balaban J connectivity index is 1.75. The zero-order chi connectivity index (χ0) is 14.9. The van der Waals surface area contributed by atoms with E-state index >= 15 is 0 Å². The zero-order valence-corrected chi connectivity index (χ0v) is 13.0. The van der Waals surface area contributed by atoms with Crippen LogP contribution in [-0.4, -0.2) is 13.1 Å². The maximum atomic E-state index is 5.64. The first-order valence-electron chi connectivity index (χ1n) is 7.69. The van der Waals surface area contributed by atoms with E-state index in [0.717, 1.165) is 18.8 Å². The van der Waals surface area contributed by atoms with Crippen molar-refractivity contribution >= 4 is 0 Å². The Morgan fingerprint density at radius 2 is 1.95 bits per heavy atom. The predicted octanol–water partition coefficient (Wildman–Crippen LogP) is 4.10. The van der Waals surface area contributed by atoms with Crippen molar-refractivity contribution in [1.82, 2.24) is 5.32 Å². The average Bonchev–Trinajstić information content (AvgIpc) is 3.01. The molecule has 0 saturated carbocycles. The van der Waals surface area contributed by atoms with Crippen molar-refractivity contribution in [3.63, 3.8) is 0 Å². The average molecular weight is 287 g/mol. The first-order valence-corrected chi connectivity index (χ1v) is 7.69. The molecule has 1 N–H and O–H groups in total. The van der Waals surface area contributed by atoms with E-state index in [1.54, 1.807) is 6.26 Å². The molecule has 0 radical (unpaired) electrons. The lowest BCUT2D eigenvalue weighted by atomic mass is 10.00. The van der Waals surface area contributed by atoms with Crippen molar-refractivity contribution in [2.24, 2.45) is 0 Å². The van der Waals surface area contributed by atoms with Gasteiger partial charge in [-0.1, -0.05) is 38.1 Å². The molecule has 0 aliphatic heterocycles. The summed E-state index contributed by atoms with van der Waals surface area (Å²) in [5.74, 6) is 1.40. The molecule has 0 bridgehead atoms. The number of nitrogens with one attached hydrogen (secondary N) is 1. The molecule has 1 atom stereocenters. The molecular weight excluding hydrogens is 262 g/mol. The van der Waals surface area contributed by atoms with Crippen LogP contribution in [0.2, 0.25) is 0 Å². The van der Waals surface area contributed by atoms with Crippen LogP contribution < -0.4 is 5.32 Å². The van der Waals surface area contributed by atoms with Gasteiger partial charge in [-0.2, -0.15) is 0 Å². The van der Waals surface area contributed by atoms with Gasteiger partial charge in [-0.3, -0.25) is 0 Å². The molecular formula is C18H25NO2. The first kappa shape index (κ1) is 15.8. The Morgan fingerprint density at radius 1 is 1.14 bits per heavy atom. The first-order chi connectivity index (χ1) is 10.3. The van der Waals surface area contributed by atoms with Gasteiger partial charge in [0.05, 0.1) is 12.9 Å². The summed E-state index contributed by atoms with van der Waals surface area (Å²) >= 11 is 0. The van der Waals surface area contributed by atoms with Gasteiger partial charge >= 0.3 is 0 Å². The second-order valence-corrected chi connectivity index (χ2v) is 5.42. The van der Waals surface area contributed by atoms with Gasteiger partial charge in [-0.25, -0.2) is 0 Å². The van der Waals surface area contributed by atoms with Gasteiger partial charge in [0.25, 0.3) is 0 Å². The minimum absolute atomic E-state index is 0.520. The topological polar surface area (TPSA) is 34.4 Å².